The van der Waals surface area contributed by atoms with Crippen molar-refractivity contribution >= 4 is 43.5 Å². The molecule has 0 N–H and O–H groups in total. The van der Waals surface area contributed by atoms with Crippen molar-refractivity contribution in [1.82, 2.24) is 9.55 Å². The third-order valence-corrected chi connectivity index (χ3v) is 9.50. The van der Waals surface area contributed by atoms with Crippen molar-refractivity contribution in [2.24, 2.45) is 0 Å². The molecule has 0 saturated carbocycles. The summed E-state index contributed by atoms with van der Waals surface area (Å²) < 4.78 is 2.40. The average Bonchev–Trinajstić information content (AvgIpc) is 3.62. The van der Waals surface area contributed by atoms with E-state index >= 15 is 0 Å². The SMILES string of the molecule is c1ccc(-c2ccc3c(c2)c2ccccc2n3-c2ccc3cc(-c4cc5c6c(cccc6n4)-c4ccccc4-5)ccc3c2)cc1. The van der Waals surface area contributed by atoms with Gasteiger partial charge in [-0.15, -0.1) is 0 Å². The molecule has 0 amide bonds. The van der Waals surface area contributed by atoms with Gasteiger partial charge in [0.15, 0.2) is 0 Å². The van der Waals surface area contributed by atoms with Crippen LogP contribution in [0.5, 0.6) is 0 Å². The van der Waals surface area contributed by atoms with E-state index in [0.29, 0.717) is 0 Å². The van der Waals surface area contributed by atoms with Crippen LogP contribution in [-0.4, -0.2) is 9.55 Å². The molecule has 0 saturated heterocycles. The van der Waals surface area contributed by atoms with Crippen LogP contribution in [0.1, 0.15) is 0 Å². The second kappa shape index (κ2) is 9.25. The number of hydrogen-bond donors (Lipinski definition) is 0. The highest BCUT2D eigenvalue weighted by Gasteiger charge is 2.22. The maximum atomic E-state index is 5.15. The van der Waals surface area contributed by atoms with E-state index < -0.39 is 0 Å². The second-order valence-electron chi connectivity index (χ2n) is 12.0. The Morgan fingerprint density at radius 2 is 1.11 bits per heavy atom. The first kappa shape index (κ1) is 24.5. The zero-order valence-electron chi connectivity index (χ0n) is 24.4. The summed E-state index contributed by atoms with van der Waals surface area (Å²) in [6.07, 6.45) is 0. The van der Waals surface area contributed by atoms with Crippen LogP contribution < -0.4 is 0 Å². The van der Waals surface area contributed by atoms with Crippen molar-refractivity contribution in [1.29, 1.82) is 0 Å². The van der Waals surface area contributed by atoms with Gasteiger partial charge in [0, 0.05) is 27.4 Å². The minimum Gasteiger partial charge on any atom is -0.309 e. The first-order valence-electron chi connectivity index (χ1n) is 15.5. The Balaban J connectivity index is 1.10. The number of para-hydroxylation sites is 1. The summed E-state index contributed by atoms with van der Waals surface area (Å²) in [5, 5.41) is 6.20. The van der Waals surface area contributed by atoms with Gasteiger partial charge in [0.05, 0.1) is 22.2 Å². The Hall–Kier alpha value is -5.99. The number of hydrogen-bond acceptors (Lipinski definition) is 1. The summed E-state index contributed by atoms with van der Waals surface area (Å²) in [7, 11) is 0. The van der Waals surface area contributed by atoms with Crippen LogP contribution in [0.3, 0.4) is 0 Å². The van der Waals surface area contributed by atoms with Gasteiger partial charge in [-0.2, -0.15) is 0 Å². The Labute approximate surface area is 260 Å². The monoisotopic (exact) mass is 570 g/mol. The molecule has 0 radical (unpaired) electrons. The first-order valence-corrected chi connectivity index (χ1v) is 15.5. The van der Waals surface area contributed by atoms with E-state index in [9.17, 15) is 0 Å². The quantitative estimate of drug-likeness (QED) is 0.207. The largest absolute Gasteiger partial charge is 0.309 e. The van der Waals surface area contributed by atoms with E-state index in [1.54, 1.807) is 0 Å². The maximum Gasteiger partial charge on any atom is 0.0722 e. The smallest absolute Gasteiger partial charge is 0.0722 e. The molecule has 2 aromatic heterocycles. The van der Waals surface area contributed by atoms with Crippen LogP contribution in [0, 0.1) is 0 Å². The van der Waals surface area contributed by atoms with Crippen LogP contribution in [0.15, 0.2) is 158 Å². The molecule has 7 aromatic carbocycles. The van der Waals surface area contributed by atoms with Gasteiger partial charge in [-0.25, -0.2) is 4.98 Å². The van der Waals surface area contributed by atoms with E-state index in [-0.39, 0.29) is 0 Å². The molecule has 1 aliphatic carbocycles. The van der Waals surface area contributed by atoms with Crippen molar-refractivity contribution in [3.8, 4) is 50.3 Å². The normalized spacial score (nSPS) is 12.0. The van der Waals surface area contributed by atoms with E-state index in [0.717, 1.165) is 22.5 Å². The van der Waals surface area contributed by atoms with Gasteiger partial charge in [-0.05, 0) is 92.7 Å². The van der Waals surface area contributed by atoms with E-state index in [1.165, 1.54) is 71.3 Å². The minimum absolute atomic E-state index is 1.01. The Morgan fingerprint density at radius 3 is 2.02 bits per heavy atom. The first-order chi connectivity index (χ1) is 22.3. The highest BCUT2D eigenvalue weighted by Crippen LogP contribution is 2.47. The van der Waals surface area contributed by atoms with Gasteiger partial charge >= 0.3 is 0 Å². The molecule has 0 spiro atoms. The van der Waals surface area contributed by atoms with Gasteiger partial charge in [0.25, 0.3) is 0 Å². The van der Waals surface area contributed by atoms with Crippen LogP contribution in [-0.2, 0) is 0 Å². The molecule has 0 aliphatic heterocycles. The van der Waals surface area contributed by atoms with Crippen molar-refractivity contribution in [3.63, 3.8) is 0 Å². The molecule has 9 aromatic rings. The standard InChI is InChI=1S/C43H26N2/c1-2-9-27(10-3-1)30-20-22-42-37(25-30)35-13-6-7-16-41(35)45(42)32-21-19-28-23-31(18-17-29(28)24-32)40-26-38-34-12-5-4-11-33(34)36-14-8-15-39(44-40)43(36)38/h1-26H. The van der Waals surface area contributed by atoms with Crippen molar-refractivity contribution < 1.29 is 0 Å². The molecular weight excluding hydrogens is 544 g/mol. The molecule has 0 bridgehead atoms. The van der Waals surface area contributed by atoms with Crippen LogP contribution >= 0.6 is 0 Å². The number of benzene rings is 7. The lowest BCUT2D eigenvalue weighted by atomic mass is 10.0. The third-order valence-electron chi connectivity index (χ3n) is 9.50. The Kier molecular flexibility index (Phi) is 5.03. The highest BCUT2D eigenvalue weighted by molar-refractivity contribution is 6.15. The number of rotatable bonds is 3. The minimum atomic E-state index is 1.01. The van der Waals surface area contributed by atoms with E-state index in [4.69, 9.17) is 4.98 Å². The average molecular weight is 571 g/mol. The summed E-state index contributed by atoms with van der Waals surface area (Å²) in [6.45, 7) is 0. The molecule has 1 aliphatic rings. The van der Waals surface area contributed by atoms with Crippen molar-refractivity contribution in [3.05, 3.63) is 158 Å². The topological polar surface area (TPSA) is 17.8 Å². The Morgan fingerprint density at radius 1 is 0.400 bits per heavy atom. The highest BCUT2D eigenvalue weighted by atomic mass is 15.0. The van der Waals surface area contributed by atoms with Gasteiger partial charge < -0.3 is 4.57 Å². The lowest BCUT2D eigenvalue weighted by Crippen LogP contribution is -1.94. The number of nitrogens with zero attached hydrogens (tertiary/aromatic N) is 2. The molecule has 208 valence electrons. The number of fused-ring (bicyclic) bond motifs is 7. The molecule has 10 rings (SSSR count). The lowest BCUT2D eigenvalue weighted by molar-refractivity contribution is 1.19. The predicted molar refractivity (Wildman–Crippen MR) is 189 cm³/mol. The van der Waals surface area contributed by atoms with E-state index in [2.05, 4.69) is 162 Å². The van der Waals surface area contributed by atoms with Crippen LogP contribution in [0.4, 0.5) is 0 Å². The fourth-order valence-corrected chi connectivity index (χ4v) is 7.42. The zero-order valence-corrected chi connectivity index (χ0v) is 24.4. The van der Waals surface area contributed by atoms with Crippen molar-refractivity contribution in [2.45, 2.75) is 0 Å². The molecule has 2 nitrogen and oxygen atoms in total. The van der Waals surface area contributed by atoms with Gasteiger partial charge in [-0.3, -0.25) is 0 Å². The fourth-order valence-electron chi connectivity index (χ4n) is 7.42. The zero-order chi connectivity index (χ0) is 29.5. The molecule has 2 heterocycles. The van der Waals surface area contributed by atoms with Crippen LogP contribution in [0.2, 0.25) is 0 Å². The van der Waals surface area contributed by atoms with Gasteiger partial charge in [0.2, 0.25) is 0 Å². The molecule has 0 atom stereocenters. The third kappa shape index (κ3) is 3.60. The fraction of sp³-hybridized carbons (Fsp3) is 0. The lowest BCUT2D eigenvalue weighted by Gasteiger charge is -2.11. The van der Waals surface area contributed by atoms with Gasteiger partial charge in [-0.1, -0.05) is 109 Å². The van der Waals surface area contributed by atoms with Gasteiger partial charge in [0.1, 0.15) is 0 Å². The molecular formula is C43H26N2. The molecule has 45 heavy (non-hydrogen) atoms. The predicted octanol–water partition coefficient (Wildman–Crippen LogP) is 11.5. The summed E-state index contributed by atoms with van der Waals surface area (Å²) >= 11 is 0. The maximum absolute atomic E-state index is 5.15. The van der Waals surface area contributed by atoms with Crippen molar-refractivity contribution in [2.75, 3.05) is 0 Å². The number of aromatic nitrogens is 2. The van der Waals surface area contributed by atoms with E-state index in [1.807, 2.05) is 0 Å². The van der Waals surface area contributed by atoms with Crippen LogP contribution in [0.25, 0.3) is 93.8 Å². The summed E-state index contributed by atoms with van der Waals surface area (Å²) in [6, 6.07) is 57.2. The second-order valence-corrected chi connectivity index (χ2v) is 12.0. The Bertz CT molecular complexity index is 2640. The summed E-state index contributed by atoms with van der Waals surface area (Å²) in [4.78, 5) is 5.15. The molecule has 2 heteroatoms. The number of pyridine rings is 1. The summed E-state index contributed by atoms with van der Waals surface area (Å²) in [5.41, 5.74) is 14.4. The molecule has 0 fully saturated rings. The summed E-state index contributed by atoms with van der Waals surface area (Å²) in [5.74, 6) is 0. The molecule has 0 unspecified atom stereocenters.